The molecule has 0 aliphatic rings. The molecule has 0 N–H and O–H groups in total. The molecule has 0 radical (unpaired) electrons. The van der Waals surface area contributed by atoms with E-state index in [-0.39, 0.29) is 0 Å². The molecule has 0 bridgehead atoms. The quantitative estimate of drug-likeness (QED) is 0.0520. The van der Waals surface area contributed by atoms with Gasteiger partial charge in [-0.15, -0.1) is 0 Å². The first-order chi connectivity index (χ1) is 23.0. The standard InChI is InChI=1S/C24F16N10/c25-1-2(26)4(28)6-5(3(1)27)41-7-8(42-6)10-12(46-20-18(44-10)48-14(22(32,33)34)16(50-20)24(38,39)40)11-9(7)43-17-19(45-11)49-15(23(35,36)37)13(47-17)21(29,30)31. The normalized spacial score (nSPS) is 13.6. The molecule has 2 aromatic carbocycles. The van der Waals surface area contributed by atoms with Crippen molar-refractivity contribution in [3.63, 3.8) is 0 Å². The van der Waals surface area contributed by atoms with Crippen LogP contribution in [0.25, 0.3) is 66.7 Å². The molecule has 10 nitrogen and oxygen atoms in total. The summed E-state index contributed by atoms with van der Waals surface area (Å²) in [6.07, 6.45) is -23.3. The molecule has 0 aliphatic carbocycles. The summed E-state index contributed by atoms with van der Waals surface area (Å²) >= 11 is 0. The lowest BCUT2D eigenvalue weighted by Crippen LogP contribution is -2.21. The summed E-state index contributed by atoms with van der Waals surface area (Å²) in [5.74, 6) is -9.28. The Labute approximate surface area is 258 Å². The van der Waals surface area contributed by atoms with Crippen LogP contribution in [-0.4, -0.2) is 49.8 Å². The SMILES string of the molecule is Fc1c(F)c(F)c2nc3c4nc5nc(C(F)(F)F)c(C(F)(F)F)nc5nc4c4nc5nc(C(F)(F)F)c(C(F)(F)F)nc5nc4c3nc2c1F. The Hall–Kier alpha value is -5.72. The highest BCUT2D eigenvalue weighted by Gasteiger charge is 2.48. The van der Waals surface area contributed by atoms with Gasteiger partial charge in [-0.05, 0) is 0 Å². The van der Waals surface area contributed by atoms with Gasteiger partial charge in [0.2, 0.25) is 0 Å². The number of fused-ring (bicyclic) bond motifs is 9. The minimum atomic E-state index is -5.82. The number of hydrogen-bond donors (Lipinski definition) is 0. The maximum absolute atomic E-state index is 14.8. The molecule has 7 aromatic rings. The molecular weight excluding hydrogens is 732 g/mol. The van der Waals surface area contributed by atoms with Gasteiger partial charge in [-0.3, -0.25) is 0 Å². The summed E-state index contributed by atoms with van der Waals surface area (Å²) in [6, 6.07) is 0. The fraction of sp³-hybridized carbons (Fsp3) is 0.167. The topological polar surface area (TPSA) is 129 Å². The number of halogens is 16. The van der Waals surface area contributed by atoms with E-state index >= 15 is 0 Å². The monoisotopic (exact) mass is 732 g/mol. The van der Waals surface area contributed by atoms with Crippen molar-refractivity contribution in [3.05, 3.63) is 46.0 Å². The van der Waals surface area contributed by atoms with Gasteiger partial charge in [0.15, 0.2) is 68.6 Å². The lowest BCUT2D eigenvalue weighted by atomic mass is 10.1. The molecule has 0 atom stereocenters. The van der Waals surface area contributed by atoms with E-state index in [0.717, 1.165) is 0 Å². The van der Waals surface area contributed by atoms with Crippen molar-refractivity contribution >= 4 is 66.7 Å². The van der Waals surface area contributed by atoms with Gasteiger partial charge in [-0.1, -0.05) is 0 Å². The molecule has 0 amide bonds. The maximum Gasteiger partial charge on any atom is 0.435 e. The minimum Gasteiger partial charge on any atom is -0.239 e. The molecule has 26 heteroatoms. The van der Waals surface area contributed by atoms with E-state index in [1.54, 1.807) is 0 Å². The third-order valence-electron chi connectivity index (χ3n) is 6.68. The van der Waals surface area contributed by atoms with E-state index < -0.39 is 137 Å². The Morgan fingerprint density at radius 3 is 0.640 bits per heavy atom. The molecule has 0 saturated carbocycles. The summed E-state index contributed by atoms with van der Waals surface area (Å²) in [7, 11) is 0. The highest BCUT2D eigenvalue weighted by atomic mass is 19.4. The van der Waals surface area contributed by atoms with Crippen molar-refractivity contribution in [1.29, 1.82) is 0 Å². The van der Waals surface area contributed by atoms with Crippen molar-refractivity contribution in [2.24, 2.45) is 0 Å². The number of hydrogen-bond acceptors (Lipinski definition) is 10. The molecule has 0 unspecified atom stereocenters. The molecule has 0 saturated heterocycles. The fourth-order valence-corrected chi connectivity index (χ4v) is 4.69. The molecule has 0 aliphatic heterocycles. The Morgan fingerprint density at radius 2 is 0.440 bits per heavy atom. The average Bonchev–Trinajstić information content (AvgIpc) is 3.01. The highest BCUT2D eigenvalue weighted by Crippen LogP contribution is 2.41. The third kappa shape index (κ3) is 4.82. The molecule has 258 valence electrons. The van der Waals surface area contributed by atoms with Crippen LogP contribution in [0.15, 0.2) is 0 Å². The van der Waals surface area contributed by atoms with Gasteiger partial charge in [-0.25, -0.2) is 67.4 Å². The van der Waals surface area contributed by atoms with Gasteiger partial charge in [0.1, 0.15) is 44.1 Å². The lowest BCUT2D eigenvalue weighted by molar-refractivity contribution is -0.167. The predicted molar refractivity (Wildman–Crippen MR) is 129 cm³/mol. The van der Waals surface area contributed by atoms with Crippen molar-refractivity contribution in [1.82, 2.24) is 49.8 Å². The van der Waals surface area contributed by atoms with Crippen LogP contribution < -0.4 is 0 Å². The van der Waals surface area contributed by atoms with Gasteiger partial charge in [0, 0.05) is 0 Å². The van der Waals surface area contributed by atoms with E-state index in [1.165, 1.54) is 0 Å². The van der Waals surface area contributed by atoms with Gasteiger partial charge >= 0.3 is 24.7 Å². The summed E-state index contributed by atoms with van der Waals surface area (Å²) in [4.78, 5) is 32.9. The Balaban J connectivity index is 1.74. The Morgan fingerprint density at radius 1 is 0.240 bits per heavy atom. The maximum atomic E-state index is 14.8. The van der Waals surface area contributed by atoms with Crippen molar-refractivity contribution in [2.45, 2.75) is 24.7 Å². The predicted octanol–water partition coefficient (Wildman–Crippen LogP) is 7.19. The largest absolute Gasteiger partial charge is 0.435 e. The minimum absolute atomic E-state index is 0.995. The van der Waals surface area contributed by atoms with E-state index in [1.807, 2.05) is 0 Å². The Bertz CT molecular complexity index is 2470. The number of aromatic nitrogens is 10. The molecular formula is C24F16N10. The van der Waals surface area contributed by atoms with Gasteiger partial charge in [-0.2, -0.15) is 52.7 Å². The summed E-state index contributed by atoms with van der Waals surface area (Å²) in [5, 5.41) is 0. The molecule has 5 aromatic heterocycles. The molecule has 5 heterocycles. The zero-order valence-corrected chi connectivity index (χ0v) is 22.5. The summed E-state index contributed by atoms with van der Waals surface area (Å²) in [6.45, 7) is 0. The van der Waals surface area contributed by atoms with Crippen LogP contribution in [0, 0.1) is 23.3 Å². The van der Waals surface area contributed by atoms with E-state index in [4.69, 9.17) is 0 Å². The number of alkyl halides is 12. The first kappa shape index (κ1) is 32.8. The zero-order chi connectivity index (χ0) is 36.6. The van der Waals surface area contributed by atoms with E-state index in [9.17, 15) is 70.2 Å². The molecule has 7 rings (SSSR count). The zero-order valence-electron chi connectivity index (χ0n) is 22.5. The van der Waals surface area contributed by atoms with Crippen molar-refractivity contribution in [3.8, 4) is 0 Å². The smallest absolute Gasteiger partial charge is 0.239 e. The Kier molecular flexibility index (Phi) is 6.51. The van der Waals surface area contributed by atoms with Crippen LogP contribution in [0.4, 0.5) is 70.2 Å². The van der Waals surface area contributed by atoms with Gasteiger partial charge in [0.05, 0.1) is 0 Å². The second-order valence-electron chi connectivity index (χ2n) is 9.84. The molecule has 50 heavy (non-hydrogen) atoms. The fourth-order valence-electron chi connectivity index (χ4n) is 4.69. The van der Waals surface area contributed by atoms with Crippen LogP contribution in [0.3, 0.4) is 0 Å². The van der Waals surface area contributed by atoms with Crippen molar-refractivity contribution < 1.29 is 70.2 Å². The van der Waals surface area contributed by atoms with Crippen LogP contribution in [-0.2, 0) is 24.7 Å². The number of benzene rings is 2. The van der Waals surface area contributed by atoms with Crippen LogP contribution in [0.1, 0.15) is 22.8 Å². The van der Waals surface area contributed by atoms with Crippen LogP contribution in [0.5, 0.6) is 0 Å². The van der Waals surface area contributed by atoms with E-state index in [0.29, 0.717) is 0 Å². The first-order valence-electron chi connectivity index (χ1n) is 12.5. The van der Waals surface area contributed by atoms with Crippen molar-refractivity contribution in [2.75, 3.05) is 0 Å². The summed E-state index contributed by atoms with van der Waals surface area (Å²) in [5.41, 5.74) is -24.7. The third-order valence-corrected chi connectivity index (χ3v) is 6.68. The molecule has 0 fully saturated rings. The van der Waals surface area contributed by atoms with Gasteiger partial charge < -0.3 is 0 Å². The second kappa shape index (κ2) is 9.93. The van der Waals surface area contributed by atoms with Crippen LogP contribution in [0.2, 0.25) is 0 Å². The molecule has 0 spiro atoms. The highest BCUT2D eigenvalue weighted by molar-refractivity contribution is 6.20. The summed E-state index contributed by atoms with van der Waals surface area (Å²) < 4.78 is 221. The van der Waals surface area contributed by atoms with Gasteiger partial charge in [0.25, 0.3) is 0 Å². The number of nitrogens with zero attached hydrogens (tertiary/aromatic N) is 10. The van der Waals surface area contributed by atoms with Crippen LogP contribution >= 0.6 is 0 Å². The van der Waals surface area contributed by atoms with E-state index in [2.05, 4.69) is 49.8 Å². The lowest BCUT2D eigenvalue weighted by Gasteiger charge is -2.15. The second-order valence-corrected chi connectivity index (χ2v) is 9.84. The average molecular weight is 732 g/mol. The number of rotatable bonds is 0. The first-order valence-corrected chi connectivity index (χ1v) is 12.5.